The van der Waals surface area contributed by atoms with Crippen LogP contribution in [0, 0.1) is 17.1 Å². The van der Waals surface area contributed by atoms with Gasteiger partial charge in [-0.05, 0) is 29.6 Å². The predicted molar refractivity (Wildman–Crippen MR) is 68.4 cm³/mol. The number of hydrogen-bond donors (Lipinski definition) is 1. The Balaban J connectivity index is 2.25. The Kier molecular flexibility index (Phi) is 3.60. The summed E-state index contributed by atoms with van der Waals surface area (Å²) in [6.45, 7) is 0. The number of nitrogens with one attached hydrogen (secondary N) is 1. The van der Waals surface area contributed by atoms with Crippen LogP contribution in [0.25, 0.3) is 0 Å². The molecule has 0 atom stereocenters. The molecule has 1 N–H and O–H groups in total. The number of hydrogen-bond acceptors (Lipinski definition) is 3. The van der Waals surface area contributed by atoms with Gasteiger partial charge >= 0.3 is 0 Å². The van der Waals surface area contributed by atoms with Crippen LogP contribution in [0.3, 0.4) is 0 Å². The summed E-state index contributed by atoms with van der Waals surface area (Å²) in [5.41, 5.74) is 0.543. The van der Waals surface area contributed by atoms with Crippen LogP contribution < -0.4 is 5.32 Å². The summed E-state index contributed by atoms with van der Waals surface area (Å²) in [5.74, 6) is -0.982. The number of amides is 1. The van der Waals surface area contributed by atoms with Crippen molar-refractivity contribution in [3.8, 4) is 6.07 Å². The van der Waals surface area contributed by atoms with E-state index in [1.54, 1.807) is 11.4 Å². The van der Waals surface area contributed by atoms with Crippen molar-refractivity contribution in [1.82, 2.24) is 0 Å². The Morgan fingerprint density at radius 2 is 2.22 bits per heavy atom. The molecule has 0 fully saturated rings. The first-order valence-corrected chi connectivity index (χ1v) is 6.11. The van der Waals surface area contributed by atoms with Gasteiger partial charge in [-0.2, -0.15) is 5.26 Å². The van der Waals surface area contributed by atoms with Crippen LogP contribution in [0.2, 0.25) is 5.02 Å². The zero-order valence-electron chi connectivity index (χ0n) is 8.91. The van der Waals surface area contributed by atoms with Gasteiger partial charge < -0.3 is 5.32 Å². The lowest BCUT2D eigenvalue weighted by Crippen LogP contribution is -2.12. The highest BCUT2D eigenvalue weighted by Crippen LogP contribution is 2.24. The van der Waals surface area contributed by atoms with Crippen LogP contribution >= 0.6 is 22.9 Å². The number of thiophene rings is 1. The fourth-order valence-electron chi connectivity index (χ4n) is 1.34. The minimum atomic E-state index is -0.509. The zero-order chi connectivity index (χ0) is 13.1. The van der Waals surface area contributed by atoms with E-state index in [2.05, 4.69) is 5.32 Å². The molecule has 6 heteroatoms. The van der Waals surface area contributed by atoms with Gasteiger partial charge in [0, 0.05) is 0 Å². The number of rotatable bonds is 2. The summed E-state index contributed by atoms with van der Waals surface area (Å²) >= 11 is 7.01. The van der Waals surface area contributed by atoms with E-state index in [9.17, 15) is 9.18 Å². The summed E-state index contributed by atoms with van der Waals surface area (Å²) in [4.78, 5) is 11.9. The lowest BCUT2D eigenvalue weighted by Gasteiger charge is -2.05. The van der Waals surface area contributed by atoms with Crippen molar-refractivity contribution in [2.24, 2.45) is 0 Å². The molecular weight excluding hydrogens is 275 g/mol. The van der Waals surface area contributed by atoms with Gasteiger partial charge in [0.25, 0.3) is 5.91 Å². The van der Waals surface area contributed by atoms with E-state index in [1.807, 2.05) is 6.07 Å². The predicted octanol–water partition coefficient (Wildman–Crippen LogP) is 3.66. The van der Waals surface area contributed by atoms with Gasteiger partial charge in [0.2, 0.25) is 0 Å². The maximum absolute atomic E-state index is 12.8. The summed E-state index contributed by atoms with van der Waals surface area (Å²) in [5, 5.41) is 13.6. The number of anilines is 1. The third kappa shape index (κ3) is 2.50. The van der Waals surface area contributed by atoms with Crippen molar-refractivity contribution in [3.63, 3.8) is 0 Å². The van der Waals surface area contributed by atoms with E-state index >= 15 is 0 Å². The van der Waals surface area contributed by atoms with Gasteiger partial charge in [-0.1, -0.05) is 11.6 Å². The standard InChI is InChI=1S/C12H6ClFN2OS/c13-10-5-8(14)1-2-9(10)11(17)16-12-7(6-15)3-4-18-12/h1-5H,(H,16,17). The van der Waals surface area contributed by atoms with Crippen LogP contribution in [-0.2, 0) is 0 Å². The lowest BCUT2D eigenvalue weighted by molar-refractivity contribution is 0.102. The molecule has 0 spiro atoms. The van der Waals surface area contributed by atoms with E-state index in [-0.39, 0.29) is 10.6 Å². The molecule has 0 aliphatic heterocycles. The Bertz CT molecular complexity index is 648. The smallest absolute Gasteiger partial charge is 0.257 e. The molecule has 90 valence electrons. The van der Waals surface area contributed by atoms with Gasteiger partial charge in [0.1, 0.15) is 16.9 Å². The first-order chi connectivity index (χ1) is 8.61. The van der Waals surface area contributed by atoms with E-state index in [0.29, 0.717) is 10.6 Å². The average Bonchev–Trinajstić information content (AvgIpc) is 2.76. The number of nitriles is 1. The van der Waals surface area contributed by atoms with Gasteiger partial charge in [-0.15, -0.1) is 11.3 Å². The van der Waals surface area contributed by atoms with E-state index < -0.39 is 11.7 Å². The fourth-order valence-corrected chi connectivity index (χ4v) is 2.32. The van der Waals surface area contributed by atoms with Gasteiger partial charge in [-0.25, -0.2) is 4.39 Å². The van der Waals surface area contributed by atoms with E-state index in [1.165, 1.54) is 17.4 Å². The topological polar surface area (TPSA) is 52.9 Å². The third-order valence-electron chi connectivity index (χ3n) is 2.19. The van der Waals surface area contributed by atoms with E-state index in [4.69, 9.17) is 16.9 Å². The largest absolute Gasteiger partial charge is 0.312 e. The normalized spacial score (nSPS) is 9.83. The molecular formula is C12H6ClFN2OS. The Hall–Kier alpha value is -1.90. The molecule has 0 bridgehead atoms. The summed E-state index contributed by atoms with van der Waals surface area (Å²) in [6.07, 6.45) is 0. The summed E-state index contributed by atoms with van der Waals surface area (Å²) in [6, 6.07) is 7.08. The monoisotopic (exact) mass is 280 g/mol. The quantitative estimate of drug-likeness (QED) is 0.912. The van der Waals surface area contributed by atoms with Crippen LogP contribution in [0.15, 0.2) is 29.6 Å². The molecule has 0 aliphatic rings. The SMILES string of the molecule is N#Cc1ccsc1NC(=O)c1ccc(F)cc1Cl. The van der Waals surface area contributed by atoms with Crippen LogP contribution in [0.1, 0.15) is 15.9 Å². The molecule has 1 aromatic carbocycles. The minimum Gasteiger partial charge on any atom is -0.312 e. The molecule has 0 saturated heterocycles. The second kappa shape index (κ2) is 5.17. The Labute approximate surface area is 111 Å². The Morgan fingerprint density at radius 3 is 2.89 bits per heavy atom. The number of benzene rings is 1. The van der Waals surface area contributed by atoms with Crippen molar-refractivity contribution in [2.75, 3.05) is 5.32 Å². The molecule has 0 saturated carbocycles. The summed E-state index contributed by atoms with van der Waals surface area (Å²) in [7, 11) is 0. The first-order valence-electron chi connectivity index (χ1n) is 4.86. The second-order valence-corrected chi connectivity index (χ2v) is 4.68. The molecule has 0 radical (unpaired) electrons. The van der Waals surface area contributed by atoms with Crippen molar-refractivity contribution >= 4 is 33.8 Å². The molecule has 1 amide bonds. The van der Waals surface area contributed by atoms with Crippen molar-refractivity contribution in [3.05, 3.63) is 51.6 Å². The zero-order valence-corrected chi connectivity index (χ0v) is 10.5. The molecule has 3 nitrogen and oxygen atoms in total. The fraction of sp³-hybridized carbons (Fsp3) is 0. The minimum absolute atomic E-state index is 0.0302. The first kappa shape index (κ1) is 12.6. The van der Waals surface area contributed by atoms with Crippen LogP contribution in [-0.4, -0.2) is 5.91 Å². The van der Waals surface area contributed by atoms with Crippen LogP contribution in [0.4, 0.5) is 9.39 Å². The highest BCUT2D eigenvalue weighted by atomic mass is 35.5. The average molecular weight is 281 g/mol. The molecule has 2 aromatic rings. The number of carbonyl (C=O) groups is 1. The summed E-state index contributed by atoms with van der Waals surface area (Å²) < 4.78 is 12.8. The third-order valence-corrected chi connectivity index (χ3v) is 3.33. The highest BCUT2D eigenvalue weighted by Gasteiger charge is 2.13. The molecule has 1 heterocycles. The molecule has 0 unspecified atom stereocenters. The molecule has 18 heavy (non-hydrogen) atoms. The maximum Gasteiger partial charge on any atom is 0.257 e. The maximum atomic E-state index is 12.8. The van der Waals surface area contributed by atoms with Gasteiger partial charge in [-0.3, -0.25) is 4.79 Å². The van der Waals surface area contributed by atoms with Crippen LogP contribution in [0.5, 0.6) is 0 Å². The molecule has 1 aromatic heterocycles. The Morgan fingerprint density at radius 1 is 1.44 bits per heavy atom. The van der Waals surface area contributed by atoms with Gasteiger partial charge in [0.15, 0.2) is 0 Å². The van der Waals surface area contributed by atoms with Gasteiger partial charge in [0.05, 0.1) is 16.1 Å². The highest BCUT2D eigenvalue weighted by molar-refractivity contribution is 7.14. The van der Waals surface area contributed by atoms with Crippen molar-refractivity contribution in [2.45, 2.75) is 0 Å². The molecule has 2 rings (SSSR count). The van der Waals surface area contributed by atoms with Crippen molar-refractivity contribution in [1.29, 1.82) is 5.26 Å². The second-order valence-electron chi connectivity index (χ2n) is 3.35. The van der Waals surface area contributed by atoms with E-state index in [0.717, 1.165) is 12.1 Å². The number of carbonyl (C=O) groups excluding carboxylic acids is 1. The number of halogens is 2. The van der Waals surface area contributed by atoms with Crippen molar-refractivity contribution < 1.29 is 9.18 Å². The molecule has 0 aliphatic carbocycles. The number of nitrogens with zero attached hydrogens (tertiary/aromatic N) is 1. The lowest BCUT2D eigenvalue weighted by atomic mass is 10.2.